The van der Waals surface area contributed by atoms with E-state index in [4.69, 9.17) is 0 Å². The molecule has 3 N–H and O–H groups in total. The molecule has 2 unspecified atom stereocenters. The molecule has 18 heavy (non-hydrogen) atoms. The summed E-state index contributed by atoms with van der Waals surface area (Å²) in [5.41, 5.74) is 0. The number of likely N-dealkylation sites (tertiary alicyclic amines) is 1. The molecule has 1 saturated heterocycles. The van der Waals surface area contributed by atoms with Gasteiger partial charge in [0.1, 0.15) is 0 Å². The van der Waals surface area contributed by atoms with Crippen molar-refractivity contribution in [3.05, 3.63) is 0 Å². The quantitative estimate of drug-likeness (QED) is 0.655. The van der Waals surface area contributed by atoms with Crippen LogP contribution in [0.2, 0.25) is 0 Å². The lowest BCUT2D eigenvalue weighted by molar-refractivity contribution is -0.122. The normalized spacial score (nSPS) is 30.6. The second kappa shape index (κ2) is 6.50. The Morgan fingerprint density at radius 3 is 2.33 bits per heavy atom. The van der Waals surface area contributed by atoms with Crippen molar-refractivity contribution in [3.63, 3.8) is 0 Å². The number of aliphatic hydroxyl groups is 2. The molecule has 1 saturated carbocycles. The van der Waals surface area contributed by atoms with E-state index >= 15 is 0 Å². The van der Waals surface area contributed by atoms with Crippen LogP contribution in [0.1, 0.15) is 38.5 Å². The first kappa shape index (κ1) is 13.8. The third-order valence-electron chi connectivity index (χ3n) is 3.96. The van der Waals surface area contributed by atoms with E-state index in [2.05, 4.69) is 5.32 Å². The van der Waals surface area contributed by atoms with Crippen molar-refractivity contribution < 1.29 is 15.0 Å². The zero-order chi connectivity index (χ0) is 13.0. The molecule has 0 aromatic rings. The van der Waals surface area contributed by atoms with Crippen LogP contribution in [-0.2, 0) is 4.79 Å². The molecule has 104 valence electrons. The molecule has 5 heteroatoms. The average Bonchev–Trinajstić information content (AvgIpc) is 2.68. The summed E-state index contributed by atoms with van der Waals surface area (Å²) in [6, 6.07) is 0.362. The number of amides is 1. The minimum atomic E-state index is -0.661. The SMILES string of the molecule is O=C(CCN1CC(O)C(O)C1)NC1CCCCC1. The number of nitrogens with zero attached hydrogens (tertiary/aromatic N) is 1. The second-order valence-electron chi connectivity index (χ2n) is 5.55. The number of β-amino-alcohol motifs (C(OH)–C–C–N with tert-alkyl or cyclic N) is 2. The van der Waals surface area contributed by atoms with Crippen molar-refractivity contribution in [3.8, 4) is 0 Å². The fraction of sp³-hybridized carbons (Fsp3) is 0.923. The molecule has 2 fully saturated rings. The lowest BCUT2D eigenvalue weighted by Crippen LogP contribution is -2.38. The molecule has 0 spiro atoms. The largest absolute Gasteiger partial charge is 0.389 e. The van der Waals surface area contributed by atoms with Crippen molar-refractivity contribution in [2.45, 2.75) is 56.8 Å². The highest BCUT2D eigenvalue weighted by molar-refractivity contribution is 5.76. The van der Waals surface area contributed by atoms with Crippen LogP contribution in [-0.4, -0.2) is 58.9 Å². The van der Waals surface area contributed by atoms with Crippen molar-refractivity contribution in [1.82, 2.24) is 10.2 Å². The lowest BCUT2D eigenvalue weighted by Gasteiger charge is -2.23. The second-order valence-corrected chi connectivity index (χ2v) is 5.55. The number of hydrogen-bond donors (Lipinski definition) is 3. The Balaban J connectivity index is 1.62. The lowest BCUT2D eigenvalue weighted by atomic mass is 9.95. The molecule has 2 atom stereocenters. The van der Waals surface area contributed by atoms with E-state index in [1.165, 1.54) is 19.3 Å². The molecule has 2 aliphatic rings. The Bertz CT molecular complexity index is 269. The van der Waals surface area contributed by atoms with Gasteiger partial charge >= 0.3 is 0 Å². The molecule has 2 rings (SSSR count). The van der Waals surface area contributed by atoms with Crippen molar-refractivity contribution in [2.75, 3.05) is 19.6 Å². The third-order valence-corrected chi connectivity index (χ3v) is 3.96. The topological polar surface area (TPSA) is 72.8 Å². The molecule has 1 aliphatic carbocycles. The molecule has 0 aromatic carbocycles. The van der Waals surface area contributed by atoms with Crippen LogP contribution in [0.4, 0.5) is 0 Å². The van der Waals surface area contributed by atoms with Crippen molar-refractivity contribution >= 4 is 5.91 Å². The fourth-order valence-corrected chi connectivity index (χ4v) is 2.84. The predicted octanol–water partition coefficient (Wildman–Crippen LogP) is -0.137. The molecule has 1 amide bonds. The van der Waals surface area contributed by atoms with E-state index in [9.17, 15) is 15.0 Å². The van der Waals surface area contributed by atoms with Crippen LogP contribution in [0, 0.1) is 0 Å². The number of hydrogen-bond acceptors (Lipinski definition) is 4. The van der Waals surface area contributed by atoms with Gasteiger partial charge in [-0.25, -0.2) is 0 Å². The van der Waals surface area contributed by atoms with Gasteiger partial charge in [-0.05, 0) is 12.8 Å². The molecule has 0 aromatic heterocycles. The van der Waals surface area contributed by atoms with Crippen LogP contribution in [0.5, 0.6) is 0 Å². The first-order chi connectivity index (χ1) is 8.65. The maximum atomic E-state index is 11.8. The molecule has 1 heterocycles. The number of nitrogens with one attached hydrogen (secondary N) is 1. The minimum absolute atomic E-state index is 0.0952. The van der Waals surface area contributed by atoms with Gasteiger partial charge in [0.15, 0.2) is 0 Å². The number of carbonyl (C=O) groups is 1. The van der Waals surface area contributed by atoms with E-state index in [1.54, 1.807) is 0 Å². The van der Waals surface area contributed by atoms with Gasteiger partial charge in [0.25, 0.3) is 0 Å². The molecular weight excluding hydrogens is 232 g/mol. The van der Waals surface area contributed by atoms with Crippen LogP contribution in [0.25, 0.3) is 0 Å². The minimum Gasteiger partial charge on any atom is -0.389 e. The molecule has 1 aliphatic heterocycles. The first-order valence-corrected chi connectivity index (χ1v) is 7.03. The van der Waals surface area contributed by atoms with Gasteiger partial charge in [0, 0.05) is 32.1 Å². The van der Waals surface area contributed by atoms with Crippen molar-refractivity contribution in [2.24, 2.45) is 0 Å². The van der Waals surface area contributed by atoms with Gasteiger partial charge in [-0.2, -0.15) is 0 Å². The van der Waals surface area contributed by atoms with E-state index in [0.717, 1.165) is 12.8 Å². The summed E-state index contributed by atoms with van der Waals surface area (Å²) in [5.74, 6) is 0.0952. The molecule has 0 bridgehead atoms. The summed E-state index contributed by atoms with van der Waals surface area (Å²) in [6.07, 6.45) is 5.06. The predicted molar refractivity (Wildman–Crippen MR) is 68.1 cm³/mol. The van der Waals surface area contributed by atoms with Crippen LogP contribution >= 0.6 is 0 Å². The number of rotatable bonds is 4. The smallest absolute Gasteiger partial charge is 0.221 e. The van der Waals surface area contributed by atoms with Gasteiger partial charge in [0.05, 0.1) is 12.2 Å². The van der Waals surface area contributed by atoms with Gasteiger partial charge in [-0.15, -0.1) is 0 Å². The highest BCUT2D eigenvalue weighted by atomic mass is 16.3. The standard InChI is InChI=1S/C13H24N2O3/c16-11-8-15(9-12(11)17)7-6-13(18)14-10-4-2-1-3-5-10/h10-12,16-17H,1-9H2,(H,14,18). The zero-order valence-corrected chi connectivity index (χ0v) is 10.8. The van der Waals surface area contributed by atoms with Gasteiger partial charge < -0.3 is 15.5 Å². The Morgan fingerprint density at radius 1 is 1.11 bits per heavy atom. The first-order valence-electron chi connectivity index (χ1n) is 7.03. The highest BCUT2D eigenvalue weighted by Crippen LogP contribution is 2.17. The van der Waals surface area contributed by atoms with E-state index in [1.807, 2.05) is 4.90 Å². The monoisotopic (exact) mass is 256 g/mol. The summed E-state index contributed by atoms with van der Waals surface area (Å²) in [5, 5.41) is 21.9. The van der Waals surface area contributed by atoms with Crippen LogP contribution in [0.3, 0.4) is 0 Å². The number of carbonyl (C=O) groups excluding carboxylic acids is 1. The summed E-state index contributed by atoms with van der Waals surface area (Å²) in [7, 11) is 0. The molecule has 5 nitrogen and oxygen atoms in total. The summed E-state index contributed by atoms with van der Waals surface area (Å²) < 4.78 is 0. The Hall–Kier alpha value is -0.650. The molecular formula is C13H24N2O3. The Kier molecular flexibility index (Phi) is 4.97. The van der Waals surface area contributed by atoms with Crippen LogP contribution in [0.15, 0.2) is 0 Å². The van der Waals surface area contributed by atoms with Crippen molar-refractivity contribution in [1.29, 1.82) is 0 Å². The van der Waals surface area contributed by atoms with Gasteiger partial charge in [0.2, 0.25) is 5.91 Å². The van der Waals surface area contributed by atoms with E-state index < -0.39 is 12.2 Å². The maximum absolute atomic E-state index is 11.8. The van der Waals surface area contributed by atoms with E-state index in [-0.39, 0.29) is 5.91 Å². The van der Waals surface area contributed by atoms with Crippen LogP contribution < -0.4 is 5.32 Å². The zero-order valence-electron chi connectivity index (χ0n) is 10.8. The fourth-order valence-electron chi connectivity index (χ4n) is 2.84. The summed E-state index contributed by atoms with van der Waals surface area (Å²) >= 11 is 0. The highest BCUT2D eigenvalue weighted by Gasteiger charge is 2.29. The summed E-state index contributed by atoms with van der Waals surface area (Å²) in [6.45, 7) is 1.56. The average molecular weight is 256 g/mol. The third kappa shape index (κ3) is 3.93. The number of aliphatic hydroxyl groups excluding tert-OH is 2. The summed E-state index contributed by atoms with van der Waals surface area (Å²) in [4.78, 5) is 13.7. The Morgan fingerprint density at radius 2 is 1.72 bits per heavy atom. The van der Waals surface area contributed by atoms with Gasteiger partial charge in [-0.1, -0.05) is 19.3 Å². The Labute approximate surface area is 108 Å². The molecule has 0 radical (unpaired) electrons. The maximum Gasteiger partial charge on any atom is 0.221 e. The van der Waals surface area contributed by atoms with Gasteiger partial charge in [-0.3, -0.25) is 9.69 Å². The van der Waals surface area contributed by atoms with E-state index in [0.29, 0.717) is 32.1 Å².